The van der Waals surface area contributed by atoms with E-state index in [4.69, 9.17) is 25.8 Å². The average Bonchev–Trinajstić information content (AvgIpc) is 3.24. The highest BCUT2D eigenvalue weighted by Gasteiger charge is 2.34. The van der Waals surface area contributed by atoms with Gasteiger partial charge in [0.2, 0.25) is 5.88 Å². The third-order valence-electron chi connectivity index (χ3n) is 6.83. The van der Waals surface area contributed by atoms with E-state index in [9.17, 15) is 9.90 Å². The standard InChI is InChI=1S/C25H31ClFN3O5/c1-15-13-29(21-11-24(34-3)28-12-19(21)26)7-6-22(15)35-23-5-4-16(9-20(23)27)30-14-18(33-2)8-17(30)10-25(31)32/h4-5,9,11-12,15,17-18,22H,6-8,10,13-14H2,1-3H3,(H,31,32). The number of halogens is 2. The summed E-state index contributed by atoms with van der Waals surface area (Å²) >= 11 is 6.36. The van der Waals surface area contributed by atoms with Crippen molar-refractivity contribution in [1.29, 1.82) is 0 Å². The summed E-state index contributed by atoms with van der Waals surface area (Å²) in [6.07, 6.45) is 2.61. The molecule has 3 heterocycles. The molecule has 2 aromatic rings. The van der Waals surface area contributed by atoms with E-state index >= 15 is 4.39 Å². The number of anilines is 2. The van der Waals surface area contributed by atoms with Crippen LogP contribution in [0.2, 0.25) is 5.02 Å². The largest absolute Gasteiger partial charge is 0.487 e. The van der Waals surface area contributed by atoms with E-state index in [1.165, 1.54) is 6.07 Å². The Balaban J connectivity index is 1.43. The van der Waals surface area contributed by atoms with Gasteiger partial charge < -0.3 is 29.1 Å². The number of rotatable bonds is 8. The van der Waals surface area contributed by atoms with Gasteiger partial charge in [0.05, 0.1) is 36.5 Å². The molecule has 190 valence electrons. The number of nitrogens with zero attached hydrogens (tertiary/aromatic N) is 3. The molecular weight excluding hydrogens is 477 g/mol. The first-order chi connectivity index (χ1) is 16.8. The molecule has 2 aliphatic heterocycles. The second kappa shape index (κ2) is 10.9. The van der Waals surface area contributed by atoms with Gasteiger partial charge in [-0.2, -0.15) is 0 Å². The molecule has 0 saturated carbocycles. The van der Waals surface area contributed by atoms with Gasteiger partial charge in [0.1, 0.15) is 6.10 Å². The van der Waals surface area contributed by atoms with Gasteiger partial charge >= 0.3 is 5.97 Å². The molecule has 1 aromatic heterocycles. The number of benzene rings is 1. The summed E-state index contributed by atoms with van der Waals surface area (Å²) in [5, 5.41) is 9.81. The Morgan fingerprint density at radius 3 is 2.74 bits per heavy atom. The van der Waals surface area contributed by atoms with Gasteiger partial charge in [-0.25, -0.2) is 9.37 Å². The molecule has 0 bridgehead atoms. The van der Waals surface area contributed by atoms with Crippen LogP contribution in [0.5, 0.6) is 11.6 Å². The predicted molar refractivity (Wildman–Crippen MR) is 131 cm³/mol. The number of hydrogen-bond donors (Lipinski definition) is 1. The summed E-state index contributed by atoms with van der Waals surface area (Å²) < 4.78 is 31.8. The molecule has 0 radical (unpaired) electrons. The highest BCUT2D eigenvalue weighted by Crippen LogP contribution is 2.35. The van der Waals surface area contributed by atoms with Gasteiger partial charge in [0.25, 0.3) is 0 Å². The maximum Gasteiger partial charge on any atom is 0.305 e. The minimum atomic E-state index is -0.885. The topological polar surface area (TPSA) is 84.4 Å². The van der Waals surface area contributed by atoms with Gasteiger partial charge in [-0.1, -0.05) is 18.5 Å². The van der Waals surface area contributed by atoms with Crippen molar-refractivity contribution in [3.05, 3.63) is 41.3 Å². The van der Waals surface area contributed by atoms with Crippen LogP contribution in [0, 0.1) is 11.7 Å². The molecule has 0 aliphatic carbocycles. The van der Waals surface area contributed by atoms with Crippen molar-refractivity contribution in [2.75, 3.05) is 43.7 Å². The Kier molecular flexibility index (Phi) is 7.86. The van der Waals surface area contributed by atoms with Crippen LogP contribution in [0.4, 0.5) is 15.8 Å². The van der Waals surface area contributed by atoms with E-state index < -0.39 is 11.8 Å². The van der Waals surface area contributed by atoms with E-state index in [0.717, 1.165) is 5.69 Å². The van der Waals surface area contributed by atoms with Crippen LogP contribution in [0.15, 0.2) is 30.5 Å². The zero-order chi connectivity index (χ0) is 25.1. The lowest BCUT2D eigenvalue weighted by Gasteiger charge is -2.38. The van der Waals surface area contributed by atoms with Gasteiger partial charge in [0, 0.05) is 62.9 Å². The molecule has 35 heavy (non-hydrogen) atoms. The number of aliphatic carboxylic acids is 1. The summed E-state index contributed by atoms with van der Waals surface area (Å²) in [6.45, 7) is 3.98. The molecule has 1 aromatic carbocycles. The zero-order valence-electron chi connectivity index (χ0n) is 20.1. The van der Waals surface area contributed by atoms with Crippen LogP contribution in [0.1, 0.15) is 26.2 Å². The smallest absolute Gasteiger partial charge is 0.305 e. The van der Waals surface area contributed by atoms with Crippen LogP contribution in [-0.2, 0) is 9.53 Å². The van der Waals surface area contributed by atoms with Gasteiger partial charge in [-0.15, -0.1) is 0 Å². The molecular formula is C25H31ClFN3O5. The maximum absolute atomic E-state index is 15.1. The summed E-state index contributed by atoms with van der Waals surface area (Å²) in [5.74, 6) is -0.532. The van der Waals surface area contributed by atoms with Crippen LogP contribution in [-0.4, -0.2) is 68.2 Å². The quantitative estimate of drug-likeness (QED) is 0.568. The van der Waals surface area contributed by atoms with Gasteiger partial charge in [0.15, 0.2) is 11.6 Å². The van der Waals surface area contributed by atoms with Crippen LogP contribution < -0.4 is 19.3 Å². The van der Waals surface area contributed by atoms with Crippen molar-refractivity contribution in [2.24, 2.45) is 5.92 Å². The second-order valence-corrected chi connectivity index (χ2v) is 9.57. The van der Waals surface area contributed by atoms with E-state index in [-0.39, 0.29) is 36.3 Å². The highest BCUT2D eigenvalue weighted by atomic mass is 35.5. The highest BCUT2D eigenvalue weighted by molar-refractivity contribution is 6.33. The number of carboxylic acids is 1. The molecule has 8 nitrogen and oxygen atoms in total. The van der Waals surface area contributed by atoms with E-state index in [1.807, 2.05) is 11.0 Å². The number of piperidine rings is 1. The fourth-order valence-corrected chi connectivity index (χ4v) is 5.19. The van der Waals surface area contributed by atoms with Crippen molar-refractivity contribution in [3.63, 3.8) is 0 Å². The summed E-state index contributed by atoms with van der Waals surface area (Å²) in [6, 6.07) is 6.41. The lowest BCUT2D eigenvalue weighted by atomic mass is 9.96. The fraction of sp³-hybridized carbons (Fsp3) is 0.520. The number of hydrogen-bond acceptors (Lipinski definition) is 7. The average molecular weight is 508 g/mol. The minimum Gasteiger partial charge on any atom is -0.487 e. The first kappa shape index (κ1) is 25.3. The van der Waals surface area contributed by atoms with Crippen LogP contribution in [0.3, 0.4) is 0 Å². The number of carboxylic acid groups (broad SMARTS) is 1. The Morgan fingerprint density at radius 1 is 1.29 bits per heavy atom. The normalized spacial score (nSPS) is 24.5. The molecule has 2 fully saturated rings. The number of methoxy groups -OCH3 is 2. The lowest BCUT2D eigenvalue weighted by molar-refractivity contribution is -0.137. The molecule has 4 unspecified atom stereocenters. The SMILES string of the molecule is COc1cc(N2CCC(Oc3ccc(N4CC(OC)CC4CC(=O)O)cc3F)C(C)C2)c(Cl)cn1. The second-order valence-electron chi connectivity index (χ2n) is 9.16. The maximum atomic E-state index is 15.1. The summed E-state index contributed by atoms with van der Waals surface area (Å²) in [4.78, 5) is 19.5. The van der Waals surface area contributed by atoms with Gasteiger partial charge in [-0.3, -0.25) is 4.79 Å². The zero-order valence-corrected chi connectivity index (χ0v) is 20.9. The number of ether oxygens (including phenoxy) is 3. The van der Waals surface area contributed by atoms with Crippen LogP contribution in [0.25, 0.3) is 0 Å². The molecule has 2 aliphatic rings. The first-order valence-electron chi connectivity index (χ1n) is 11.7. The molecule has 4 atom stereocenters. The van der Waals surface area contributed by atoms with E-state index in [2.05, 4.69) is 16.8 Å². The van der Waals surface area contributed by atoms with Gasteiger partial charge in [-0.05, 0) is 18.6 Å². The number of pyridine rings is 1. The van der Waals surface area contributed by atoms with Crippen molar-refractivity contribution in [3.8, 4) is 11.6 Å². The van der Waals surface area contributed by atoms with E-state index in [1.54, 1.807) is 32.5 Å². The Labute approximate surface area is 209 Å². The molecule has 4 rings (SSSR count). The van der Waals surface area contributed by atoms with Crippen molar-refractivity contribution in [1.82, 2.24) is 4.98 Å². The Hall–Kier alpha value is -2.78. The lowest BCUT2D eigenvalue weighted by Crippen LogP contribution is -2.44. The first-order valence-corrected chi connectivity index (χ1v) is 12.1. The summed E-state index contributed by atoms with van der Waals surface area (Å²) in [5.41, 5.74) is 1.49. The van der Waals surface area contributed by atoms with Crippen molar-refractivity contribution in [2.45, 2.75) is 44.4 Å². The number of carbonyl (C=O) groups is 1. The van der Waals surface area contributed by atoms with Crippen molar-refractivity contribution >= 4 is 28.9 Å². The number of aromatic nitrogens is 1. The predicted octanol–water partition coefficient (Wildman–Crippen LogP) is 4.24. The Morgan fingerprint density at radius 2 is 2.09 bits per heavy atom. The van der Waals surface area contributed by atoms with Crippen LogP contribution >= 0.6 is 11.6 Å². The molecule has 1 N–H and O–H groups in total. The fourth-order valence-electron chi connectivity index (χ4n) is 4.96. The molecule has 10 heteroatoms. The summed E-state index contributed by atoms with van der Waals surface area (Å²) in [7, 11) is 3.17. The van der Waals surface area contributed by atoms with Crippen molar-refractivity contribution < 1.29 is 28.5 Å². The third kappa shape index (κ3) is 5.73. The Bertz CT molecular complexity index is 1060. The molecule has 2 saturated heterocycles. The third-order valence-corrected chi connectivity index (χ3v) is 7.12. The monoisotopic (exact) mass is 507 g/mol. The molecule has 0 spiro atoms. The molecule has 0 amide bonds. The van der Waals surface area contributed by atoms with E-state index in [0.29, 0.717) is 49.1 Å². The minimum absolute atomic E-state index is 0.0246.